The molecule has 6 nitrogen and oxygen atoms in total. The van der Waals surface area contributed by atoms with E-state index in [1.165, 1.54) is 23.1 Å². The molecule has 0 spiro atoms. The number of carbonyl (C=O) groups is 1. The summed E-state index contributed by atoms with van der Waals surface area (Å²) in [7, 11) is 0. The summed E-state index contributed by atoms with van der Waals surface area (Å²) in [5, 5.41) is 10.1. The largest absolute Gasteiger partial charge is 0.311 e. The molecular weight excluding hydrogens is 428 g/mol. The van der Waals surface area contributed by atoms with Crippen molar-refractivity contribution in [2.24, 2.45) is 5.92 Å². The number of H-pyrrole nitrogens is 1. The second-order valence-corrected chi connectivity index (χ2v) is 9.65. The molecule has 0 aliphatic heterocycles. The number of rotatable bonds is 9. The van der Waals surface area contributed by atoms with Crippen molar-refractivity contribution in [3.63, 3.8) is 0 Å². The van der Waals surface area contributed by atoms with Crippen LogP contribution in [-0.2, 0) is 11.2 Å². The fourth-order valence-electron chi connectivity index (χ4n) is 3.34. The lowest BCUT2D eigenvalue weighted by Crippen LogP contribution is -2.33. The highest BCUT2D eigenvalue weighted by Gasteiger charge is 2.19. The van der Waals surface area contributed by atoms with E-state index in [1.807, 2.05) is 37.3 Å². The smallest absolute Gasteiger partial charge is 0.260 e. The van der Waals surface area contributed by atoms with E-state index in [4.69, 9.17) is 5.26 Å². The van der Waals surface area contributed by atoms with Crippen molar-refractivity contribution in [1.82, 2.24) is 9.97 Å². The molecule has 3 rings (SSSR count). The third-order valence-electron chi connectivity index (χ3n) is 5.24. The zero-order chi connectivity index (χ0) is 22.4. The van der Waals surface area contributed by atoms with E-state index in [0.717, 1.165) is 33.8 Å². The number of nitrogens with zero attached hydrogens (tertiary/aromatic N) is 3. The van der Waals surface area contributed by atoms with Gasteiger partial charge in [0.1, 0.15) is 4.83 Å². The summed E-state index contributed by atoms with van der Waals surface area (Å²) in [5.74, 6) is 0.493. The minimum absolute atomic E-state index is 0.124. The van der Waals surface area contributed by atoms with Gasteiger partial charge >= 0.3 is 0 Å². The van der Waals surface area contributed by atoms with Gasteiger partial charge in [-0.05, 0) is 37.0 Å². The number of benzene rings is 1. The Balaban J connectivity index is 1.79. The van der Waals surface area contributed by atoms with Gasteiger partial charge in [-0.15, -0.1) is 11.3 Å². The Kier molecular flexibility index (Phi) is 7.88. The number of carbonyl (C=O) groups excluding carboxylic acids is 1. The molecule has 0 aliphatic rings. The van der Waals surface area contributed by atoms with Gasteiger partial charge in [0.15, 0.2) is 5.16 Å². The van der Waals surface area contributed by atoms with Crippen molar-refractivity contribution in [1.29, 1.82) is 5.26 Å². The maximum Gasteiger partial charge on any atom is 0.260 e. The molecule has 0 fully saturated rings. The lowest BCUT2D eigenvalue weighted by molar-refractivity contribution is -0.116. The molecule has 162 valence electrons. The minimum Gasteiger partial charge on any atom is -0.311 e. The standard InChI is InChI=1S/C23H26N4O2S2/c1-4-15(2)13-18-16(3)31-22-20(18)21(29)25-23(26-22)30-14-19(28)27(12-8-11-24)17-9-6-5-7-10-17/h5-7,9-10,15H,4,8,12-14H2,1-3H3,(H,25,26,29). The Morgan fingerprint density at radius 2 is 2.10 bits per heavy atom. The normalized spacial score (nSPS) is 11.9. The van der Waals surface area contributed by atoms with Gasteiger partial charge in [0, 0.05) is 17.1 Å². The van der Waals surface area contributed by atoms with Gasteiger partial charge in [-0.2, -0.15) is 5.26 Å². The minimum atomic E-state index is -0.146. The van der Waals surface area contributed by atoms with Gasteiger partial charge < -0.3 is 9.88 Å². The summed E-state index contributed by atoms with van der Waals surface area (Å²) in [5.41, 5.74) is 1.69. The third kappa shape index (κ3) is 5.54. The Morgan fingerprint density at radius 1 is 1.35 bits per heavy atom. The van der Waals surface area contributed by atoms with Crippen LogP contribution in [-0.4, -0.2) is 28.2 Å². The van der Waals surface area contributed by atoms with Crippen molar-refractivity contribution >= 4 is 44.9 Å². The zero-order valence-electron chi connectivity index (χ0n) is 18.0. The maximum atomic E-state index is 12.9. The second-order valence-electron chi connectivity index (χ2n) is 7.48. The number of aromatic amines is 1. The lowest BCUT2D eigenvalue weighted by atomic mass is 9.98. The van der Waals surface area contributed by atoms with E-state index < -0.39 is 0 Å². The fourth-order valence-corrected chi connectivity index (χ4v) is 5.19. The van der Waals surface area contributed by atoms with Gasteiger partial charge in [-0.3, -0.25) is 9.59 Å². The number of fused-ring (bicyclic) bond motifs is 1. The number of para-hydroxylation sites is 1. The van der Waals surface area contributed by atoms with Crippen molar-refractivity contribution in [2.45, 2.75) is 45.2 Å². The van der Waals surface area contributed by atoms with Crippen LogP contribution < -0.4 is 10.5 Å². The van der Waals surface area contributed by atoms with Crippen molar-refractivity contribution in [3.8, 4) is 6.07 Å². The summed E-state index contributed by atoms with van der Waals surface area (Å²) in [4.78, 5) is 36.6. The van der Waals surface area contributed by atoms with Crippen LogP contribution in [0.25, 0.3) is 10.2 Å². The summed E-state index contributed by atoms with van der Waals surface area (Å²) >= 11 is 2.75. The quantitative estimate of drug-likeness (QED) is 0.366. The monoisotopic (exact) mass is 454 g/mol. The number of aromatic nitrogens is 2. The van der Waals surface area contributed by atoms with Gasteiger partial charge in [-0.25, -0.2) is 4.98 Å². The average Bonchev–Trinajstić information content (AvgIpc) is 3.08. The molecule has 31 heavy (non-hydrogen) atoms. The van der Waals surface area contributed by atoms with Crippen LogP contribution >= 0.6 is 23.1 Å². The summed E-state index contributed by atoms with van der Waals surface area (Å²) in [6, 6.07) is 11.4. The number of thiophene rings is 1. The summed E-state index contributed by atoms with van der Waals surface area (Å²) in [6.45, 7) is 6.70. The first kappa shape index (κ1) is 23.0. The predicted molar refractivity (Wildman–Crippen MR) is 128 cm³/mol. The number of thioether (sulfide) groups is 1. The third-order valence-corrected chi connectivity index (χ3v) is 7.14. The molecule has 2 aromatic heterocycles. The number of aryl methyl sites for hydroxylation is 1. The number of anilines is 1. The SMILES string of the molecule is CCC(C)Cc1c(C)sc2nc(SCC(=O)N(CCC#N)c3ccccc3)[nH]c(=O)c12. The molecule has 0 aliphatic carbocycles. The van der Waals surface area contributed by atoms with E-state index in [2.05, 4.69) is 29.9 Å². The average molecular weight is 455 g/mol. The van der Waals surface area contributed by atoms with Gasteiger partial charge in [0.25, 0.3) is 5.56 Å². The van der Waals surface area contributed by atoms with Crippen molar-refractivity contribution < 1.29 is 4.79 Å². The maximum absolute atomic E-state index is 12.9. The topological polar surface area (TPSA) is 89.8 Å². The van der Waals surface area contributed by atoms with Crippen molar-refractivity contribution in [2.75, 3.05) is 17.2 Å². The summed E-state index contributed by atoms with van der Waals surface area (Å²) < 4.78 is 0. The zero-order valence-corrected chi connectivity index (χ0v) is 19.6. The molecule has 0 saturated carbocycles. The molecule has 0 radical (unpaired) electrons. The molecule has 8 heteroatoms. The second kappa shape index (κ2) is 10.6. The number of nitriles is 1. The van der Waals surface area contributed by atoms with Crippen LogP contribution in [0.4, 0.5) is 5.69 Å². The van der Waals surface area contributed by atoms with Gasteiger partial charge in [-0.1, -0.05) is 50.2 Å². The van der Waals surface area contributed by atoms with E-state index in [1.54, 1.807) is 4.90 Å². The predicted octanol–water partition coefficient (Wildman–Crippen LogP) is 4.92. The molecule has 1 aromatic carbocycles. The highest BCUT2D eigenvalue weighted by atomic mass is 32.2. The van der Waals surface area contributed by atoms with Crippen LogP contribution in [0, 0.1) is 24.2 Å². The van der Waals surface area contributed by atoms with Gasteiger partial charge in [0.05, 0.1) is 23.6 Å². The highest BCUT2D eigenvalue weighted by Crippen LogP contribution is 2.30. The fraction of sp³-hybridized carbons (Fsp3) is 0.391. The molecule has 1 atom stereocenters. The number of nitrogens with one attached hydrogen (secondary N) is 1. The molecule has 0 saturated heterocycles. The molecule has 3 aromatic rings. The highest BCUT2D eigenvalue weighted by molar-refractivity contribution is 7.99. The number of amides is 1. The Hall–Kier alpha value is -2.63. The van der Waals surface area contributed by atoms with E-state index in [9.17, 15) is 9.59 Å². The van der Waals surface area contributed by atoms with Crippen molar-refractivity contribution in [3.05, 3.63) is 51.1 Å². The van der Waals surface area contributed by atoms with Gasteiger partial charge in [0.2, 0.25) is 5.91 Å². The van der Waals surface area contributed by atoms with Crippen LogP contribution in [0.1, 0.15) is 37.1 Å². The molecule has 1 unspecified atom stereocenters. The Labute approximate surface area is 190 Å². The molecule has 0 bridgehead atoms. The summed E-state index contributed by atoms with van der Waals surface area (Å²) in [6.07, 6.45) is 2.17. The number of hydrogen-bond donors (Lipinski definition) is 1. The molecule has 1 N–H and O–H groups in total. The van der Waals surface area contributed by atoms with E-state index in [0.29, 0.717) is 23.0 Å². The van der Waals surface area contributed by atoms with Crippen LogP contribution in [0.2, 0.25) is 0 Å². The Bertz CT molecular complexity index is 1150. The first-order chi connectivity index (χ1) is 14.9. The first-order valence-corrected chi connectivity index (χ1v) is 12.1. The van der Waals surface area contributed by atoms with Crippen LogP contribution in [0.15, 0.2) is 40.3 Å². The molecular formula is C23H26N4O2S2. The Morgan fingerprint density at radius 3 is 2.77 bits per heavy atom. The van der Waals surface area contributed by atoms with E-state index >= 15 is 0 Å². The number of hydrogen-bond acceptors (Lipinski definition) is 6. The van der Waals surface area contributed by atoms with E-state index in [-0.39, 0.29) is 23.6 Å². The lowest BCUT2D eigenvalue weighted by Gasteiger charge is -2.21. The van der Waals surface area contributed by atoms with Crippen LogP contribution in [0.5, 0.6) is 0 Å². The molecule has 1 amide bonds. The first-order valence-electron chi connectivity index (χ1n) is 10.3. The van der Waals surface area contributed by atoms with Crippen LogP contribution in [0.3, 0.4) is 0 Å². The molecule has 2 heterocycles.